The summed E-state index contributed by atoms with van der Waals surface area (Å²) in [6.07, 6.45) is -3.44. The summed E-state index contributed by atoms with van der Waals surface area (Å²) in [6, 6.07) is 0.916. The highest BCUT2D eigenvalue weighted by molar-refractivity contribution is 5.80. The van der Waals surface area contributed by atoms with Crippen molar-refractivity contribution in [3.8, 4) is 0 Å². The third-order valence-corrected chi connectivity index (χ3v) is 4.32. The molecular formula is C17H34F3N5. The van der Waals surface area contributed by atoms with Gasteiger partial charge in [-0.05, 0) is 41.0 Å². The highest BCUT2D eigenvalue weighted by Crippen LogP contribution is 2.19. The highest BCUT2D eigenvalue weighted by atomic mass is 19.4. The molecule has 1 unspecified atom stereocenters. The first kappa shape index (κ1) is 22.0. The van der Waals surface area contributed by atoms with Crippen LogP contribution in [0.15, 0.2) is 4.99 Å². The van der Waals surface area contributed by atoms with Crippen molar-refractivity contribution in [2.24, 2.45) is 4.99 Å². The van der Waals surface area contributed by atoms with Crippen LogP contribution in [-0.2, 0) is 0 Å². The van der Waals surface area contributed by atoms with E-state index in [1.165, 1.54) is 4.90 Å². The van der Waals surface area contributed by atoms with E-state index in [1.807, 2.05) is 6.92 Å². The van der Waals surface area contributed by atoms with Crippen molar-refractivity contribution in [2.75, 3.05) is 39.3 Å². The van der Waals surface area contributed by atoms with Crippen LogP contribution in [0.3, 0.4) is 0 Å². The summed E-state index contributed by atoms with van der Waals surface area (Å²) in [6.45, 7) is 12.9. The van der Waals surface area contributed by atoms with E-state index in [9.17, 15) is 13.2 Å². The van der Waals surface area contributed by atoms with Gasteiger partial charge in [0.2, 0.25) is 0 Å². The van der Waals surface area contributed by atoms with Gasteiger partial charge in [-0.3, -0.25) is 14.8 Å². The fourth-order valence-electron chi connectivity index (χ4n) is 3.25. The van der Waals surface area contributed by atoms with Gasteiger partial charge in [-0.25, -0.2) is 0 Å². The van der Waals surface area contributed by atoms with Crippen LogP contribution in [0.1, 0.15) is 41.0 Å². The van der Waals surface area contributed by atoms with E-state index in [-0.39, 0.29) is 6.04 Å². The van der Waals surface area contributed by atoms with Gasteiger partial charge in [0.05, 0.1) is 13.1 Å². The minimum atomic E-state index is -4.13. The van der Waals surface area contributed by atoms with Crippen LogP contribution in [0.5, 0.6) is 0 Å². The Balaban J connectivity index is 2.51. The van der Waals surface area contributed by atoms with Crippen molar-refractivity contribution < 1.29 is 13.2 Å². The molecule has 8 heteroatoms. The average Bonchev–Trinajstić information content (AvgIpc) is 2.87. The lowest BCUT2D eigenvalue weighted by Gasteiger charge is -2.29. The Morgan fingerprint density at radius 1 is 1.24 bits per heavy atom. The summed E-state index contributed by atoms with van der Waals surface area (Å²) in [5, 5.41) is 6.46. The van der Waals surface area contributed by atoms with Gasteiger partial charge >= 0.3 is 6.18 Å². The fourth-order valence-corrected chi connectivity index (χ4v) is 3.25. The first-order chi connectivity index (χ1) is 11.6. The van der Waals surface area contributed by atoms with E-state index >= 15 is 0 Å². The van der Waals surface area contributed by atoms with E-state index in [0.29, 0.717) is 44.1 Å². The Morgan fingerprint density at radius 2 is 1.88 bits per heavy atom. The van der Waals surface area contributed by atoms with Gasteiger partial charge in [-0.15, -0.1) is 0 Å². The van der Waals surface area contributed by atoms with E-state index in [2.05, 4.69) is 48.2 Å². The number of aliphatic imine (C=N–C) groups is 1. The fraction of sp³-hybridized carbons (Fsp3) is 0.941. The molecule has 1 fully saturated rings. The molecule has 0 bridgehead atoms. The monoisotopic (exact) mass is 365 g/mol. The van der Waals surface area contributed by atoms with Crippen LogP contribution in [0.2, 0.25) is 0 Å². The maximum Gasteiger partial charge on any atom is 0.401 e. The van der Waals surface area contributed by atoms with Gasteiger partial charge in [-0.1, -0.05) is 0 Å². The molecule has 0 spiro atoms. The standard InChI is InChI=1S/C17H34F3N5/c1-6-21-16(22-8-10-25(13(2)3)14(4)5)23-15-7-9-24(11-15)12-17(18,19)20/h13-15H,6-12H2,1-5H3,(H2,21,22,23). The number of rotatable bonds is 8. The van der Waals surface area contributed by atoms with E-state index < -0.39 is 12.7 Å². The van der Waals surface area contributed by atoms with Crippen molar-refractivity contribution >= 4 is 5.96 Å². The quantitative estimate of drug-likeness (QED) is 0.512. The molecular weight excluding hydrogens is 331 g/mol. The molecule has 0 radical (unpaired) electrons. The Morgan fingerprint density at radius 3 is 2.40 bits per heavy atom. The average molecular weight is 365 g/mol. The number of alkyl halides is 3. The van der Waals surface area contributed by atoms with Crippen molar-refractivity contribution in [2.45, 2.75) is 65.3 Å². The van der Waals surface area contributed by atoms with Crippen LogP contribution < -0.4 is 10.6 Å². The molecule has 1 aliphatic rings. The molecule has 25 heavy (non-hydrogen) atoms. The van der Waals surface area contributed by atoms with Crippen LogP contribution in [0.4, 0.5) is 13.2 Å². The highest BCUT2D eigenvalue weighted by Gasteiger charge is 2.34. The van der Waals surface area contributed by atoms with Gasteiger partial charge in [0, 0.05) is 44.3 Å². The molecule has 148 valence electrons. The molecule has 0 aliphatic carbocycles. The lowest BCUT2D eigenvalue weighted by molar-refractivity contribution is -0.143. The number of nitrogens with one attached hydrogen (secondary N) is 2. The number of guanidine groups is 1. The van der Waals surface area contributed by atoms with Crippen LogP contribution in [0, 0.1) is 0 Å². The summed E-state index contributed by atoms with van der Waals surface area (Å²) in [5.41, 5.74) is 0. The normalized spacial score (nSPS) is 20.1. The van der Waals surface area contributed by atoms with Crippen LogP contribution in [-0.4, -0.2) is 79.3 Å². The molecule has 1 rings (SSSR count). The van der Waals surface area contributed by atoms with Crippen molar-refractivity contribution in [3.63, 3.8) is 0 Å². The Labute approximate surface area is 150 Å². The Hall–Kier alpha value is -1.02. The van der Waals surface area contributed by atoms with E-state index in [0.717, 1.165) is 13.1 Å². The molecule has 2 N–H and O–H groups in total. The molecule has 1 saturated heterocycles. The summed E-state index contributed by atoms with van der Waals surface area (Å²) < 4.78 is 37.5. The maximum atomic E-state index is 12.5. The second-order valence-corrected chi connectivity index (χ2v) is 7.17. The lowest BCUT2D eigenvalue weighted by Crippen LogP contribution is -2.46. The van der Waals surface area contributed by atoms with E-state index in [4.69, 9.17) is 0 Å². The largest absolute Gasteiger partial charge is 0.401 e. The molecule has 0 saturated carbocycles. The molecule has 0 amide bonds. The number of nitrogens with zero attached hydrogens (tertiary/aromatic N) is 3. The van der Waals surface area contributed by atoms with Crippen LogP contribution >= 0.6 is 0 Å². The first-order valence-electron chi connectivity index (χ1n) is 9.22. The predicted molar refractivity (Wildman–Crippen MR) is 97.0 cm³/mol. The number of halogens is 3. The molecule has 1 aliphatic heterocycles. The van der Waals surface area contributed by atoms with Gasteiger partial charge in [0.25, 0.3) is 0 Å². The minimum Gasteiger partial charge on any atom is -0.357 e. The number of hydrogen-bond donors (Lipinski definition) is 2. The van der Waals surface area contributed by atoms with E-state index in [1.54, 1.807) is 0 Å². The second kappa shape index (κ2) is 10.2. The predicted octanol–water partition coefficient (Wildman–Crippen LogP) is 2.30. The molecule has 0 aromatic heterocycles. The van der Waals surface area contributed by atoms with Gasteiger partial charge in [-0.2, -0.15) is 13.2 Å². The van der Waals surface area contributed by atoms with Crippen molar-refractivity contribution in [1.29, 1.82) is 0 Å². The zero-order chi connectivity index (χ0) is 19.0. The molecule has 0 aromatic carbocycles. The second-order valence-electron chi connectivity index (χ2n) is 7.17. The summed E-state index contributed by atoms with van der Waals surface area (Å²) in [5.74, 6) is 0.689. The van der Waals surface area contributed by atoms with Crippen LogP contribution in [0.25, 0.3) is 0 Å². The van der Waals surface area contributed by atoms with Crippen molar-refractivity contribution in [3.05, 3.63) is 0 Å². The Bertz CT molecular complexity index is 402. The lowest BCUT2D eigenvalue weighted by atomic mass is 10.2. The van der Waals surface area contributed by atoms with Gasteiger partial charge < -0.3 is 10.6 Å². The number of hydrogen-bond acceptors (Lipinski definition) is 3. The molecule has 5 nitrogen and oxygen atoms in total. The molecule has 1 atom stereocenters. The Kier molecular flexibility index (Phi) is 8.99. The van der Waals surface area contributed by atoms with Gasteiger partial charge in [0.15, 0.2) is 5.96 Å². The summed E-state index contributed by atoms with van der Waals surface area (Å²) in [7, 11) is 0. The topological polar surface area (TPSA) is 42.9 Å². The first-order valence-corrected chi connectivity index (χ1v) is 9.22. The molecule has 0 aromatic rings. The summed E-state index contributed by atoms with van der Waals surface area (Å²) in [4.78, 5) is 8.41. The molecule has 1 heterocycles. The van der Waals surface area contributed by atoms with Crippen molar-refractivity contribution in [1.82, 2.24) is 20.4 Å². The minimum absolute atomic E-state index is 0.00597. The number of likely N-dealkylation sites (tertiary alicyclic amines) is 1. The smallest absolute Gasteiger partial charge is 0.357 e. The third kappa shape index (κ3) is 8.76. The zero-order valence-electron chi connectivity index (χ0n) is 16.2. The SMILES string of the molecule is CCNC(=NCCN(C(C)C)C(C)C)NC1CCN(CC(F)(F)F)C1. The van der Waals surface area contributed by atoms with Gasteiger partial charge in [0.1, 0.15) is 0 Å². The maximum absolute atomic E-state index is 12.5. The summed E-state index contributed by atoms with van der Waals surface area (Å²) >= 11 is 0. The zero-order valence-corrected chi connectivity index (χ0v) is 16.2. The third-order valence-electron chi connectivity index (χ3n) is 4.32.